The third-order valence-corrected chi connectivity index (χ3v) is 4.63. The number of nitrogens with two attached hydrogens (primary N) is 1. The first-order valence-electron chi connectivity index (χ1n) is 7.82. The lowest BCUT2D eigenvalue weighted by Gasteiger charge is -2.19. The fraction of sp³-hybridized carbons (Fsp3) is 0.421. The van der Waals surface area contributed by atoms with Crippen LogP contribution in [0.25, 0.3) is 11.1 Å². The molecule has 0 fully saturated rings. The van der Waals surface area contributed by atoms with E-state index in [4.69, 9.17) is 10.5 Å². The zero-order valence-electron chi connectivity index (χ0n) is 14.7. The van der Waals surface area contributed by atoms with E-state index in [1.54, 1.807) is 0 Å². The summed E-state index contributed by atoms with van der Waals surface area (Å²) in [6, 6.07) is 8.34. The van der Waals surface area contributed by atoms with Crippen LogP contribution in [0.3, 0.4) is 0 Å². The average Bonchev–Trinajstić information content (AvgIpc) is 2.72. The van der Waals surface area contributed by atoms with Gasteiger partial charge in [0.05, 0.1) is 6.10 Å². The number of aryl methyl sites for hydroxylation is 1. The lowest BCUT2D eigenvalue weighted by Crippen LogP contribution is -2.13. The van der Waals surface area contributed by atoms with Crippen molar-refractivity contribution in [2.75, 3.05) is 5.73 Å². The van der Waals surface area contributed by atoms with Gasteiger partial charge in [0, 0.05) is 10.4 Å². The van der Waals surface area contributed by atoms with Crippen LogP contribution >= 0.6 is 11.3 Å². The van der Waals surface area contributed by atoms with Crippen molar-refractivity contribution in [3.05, 3.63) is 40.3 Å². The second-order valence-electron chi connectivity index (χ2n) is 7.05. The number of carbonyl (C=O) groups excluding carboxylic acids is 1. The quantitative estimate of drug-likeness (QED) is 0.790. The lowest BCUT2D eigenvalue weighted by molar-refractivity contribution is 0.0380. The number of esters is 1. The largest absolute Gasteiger partial charge is 0.459 e. The highest BCUT2D eigenvalue weighted by Crippen LogP contribution is 2.39. The molecule has 1 heterocycles. The Morgan fingerprint density at radius 3 is 2.22 bits per heavy atom. The Hall–Kier alpha value is -1.81. The Labute approximate surface area is 142 Å². The van der Waals surface area contributed by atoms with E-state index < -0.39 is 0 Å². The molecule has 0 aliphatic rings. The maximum Gasteiger partial charge on any atom is 0.342 e. The number of hydrogen-bond acceptors (Lipinski definition) is 4. The van der Waals surface area contributed by atoms with Gasteiger partial charge in [0.15, 0.2) is 0 Å². The van der Waals surface area contributed by atoms with Crippen LogP contribution in [0, 0.1) is 6.92 Å². The molecule has 0 saturated carbocycles. The highest BCUT2D eigenvalue weighted by Gasteiger charge is 2.24. The summed E-state index contributed by atoms with van der Waals surface area (Å²) in [5.41, 5.74) is 9.81. The Kier molecular flexibility index (Phi) is 4.85. The number of hydrogen-bond donors (Lipinski definition) is 1. The van der Waals surface area contributed by atoms with Gasteiger partial charge in [-0.3, -0.25) is 0 Å². The number of thiophene rings is 1. The lowest BCUT2D eigenvalue weighted by atomic mass is 9.86. The summed E-state index contributed by atoms with van der Waals surface area (Å²) in [7, 11) is 0. The minimum atomic E-state index is -0.350. The van der Waals surface area contributed by atoms with Gasteiger partial charge in [-0.15, -0.1) is 11.3 Å². The molecular formula is C19H25NO2S. The fourth-order valence-corrected chi connectivity index (χ4v) is 3.47. The van der Waals surface area contributed by atoms with E-state index in [0.29, 0.717) is 10.6 Å². The number of ether oxygens (including phenoxy) is 1. The molecule has 4 heteroatoms. The van der Waals surface area contributed by atoms with Gasteiger partial charge in [-0.2, -0.15) is 0 Å². The Morgan fingerprint density at radius 1 is 1.17 bits per heavy atom. The summed E-state index contributed by atoms with van der Waals surface area (Å²) in [5, 5.41) is 0.517. The maximum absolute atomic E-state index is 12.4. The molecule has 2 N–H and O–H groups in total. The maximum atomic E-state index is 12.4. The molecule has 2 aromatic rings. The van der Waals surface area contributed by atoms with Gasteiger partial charge in [-0.1, -0.05) is 45.0 Å². The van der Waals surface area contributed by atoms with Crippen LogP contribution in [-0.2, 0) is 10.2 Å². The van der Waals surface area contributed by atoms with E-state index in [1.807, 2.05) is 20.8 Å². The van der Waals surface area contributed by atoms with Crippen molar-refractivity contribution in [1.82, 2.24) is 0 Å². The van der Waals surface area contributed by atoms with Crippen molar-refractivity contribution in [3.8, 4) is 11.1 Å². The van der Waals surface area contributed by atoms with Crippen molar-refractivity contribution in [3.63, 3.8) is 0 Å². The smallest absolute Gasteiger partial charge is 0.342 e. The molecule has 0 bridgehead atoms. The second-order valence-corrected chi connectivity index (χ2v) is 8.31. The van der Waals surface area contributed by atoms with E-state index in [1.165, 1.54) is 16.9 Å². The number of anilines is 1. The number of carbonyl (C=O) groups is 1. The molecule has 0 aliphatic heterocycles. The van der Waals surface area contributed by atoms with E-state index in [2.05, 4.69) is 45.0 Å². The van der Waals surface area contributed by atoms with Crippen molar-refractivity contribution in [2.45, 2.75) is 53.1 Å². The van der Waals surface area contributed by atoms with E-state index in [9.17, 15) is 4.79 Å². The van der Waals surface area contributed by atoms with Crippen LogP contribution in [0.5, 0.6) is 0 Å². The van der Waals surface area contributed by atoms with Crippen LogP contribution in [0.15, 0.2) is 24.3 Å². The molecule has 2 rings (SSSR count). The first-order chi connectivity index (χ1) is 10.6. The second kappa shape index (κ2) is 6.36. The minimum absolute atomic E-state index is 0.0979. The number of benzene rings is 1. The third kappa shape index (κ3) is 3.75. The summed E-state index contributed by atoms with van der Waals surface area (Å²) in [5.74, 6) is -0.350. The van der Waals surface area contributed by atoms with Crippen molar-refractivity contribution in [1.29, 1.82) is 0 Å². The van der Waals surface area contributed by atoms with Crippen LogP contribution in [0.2, 0.25) is 0 Å². The van der Waals surface area contributed by atoms with Crippen LogP contribution in [-0.4, -0.2) is 12.1 Å². The van der Waals surface area contributed by atoms with Crippen molar-refractivity contribution < 1.29 is 9.53 Å². The molecule has 0 amide bonds. The highest BCUT2D eigenvalue weighted by atomic mass is 32.1. The molecule has 0 unspecified atom stereocenters. The number of rotatable bonds is 3. The normalized spacial score (nSPS) is 11.8. The zero-order chi connectivity index (χ0) is 17.4. The first kappa shape index (κ1) is 17.5. The third-order valence-electron chi connectivity index (χ3n) is 3.70. The molecule has 1 aromatic carbocycles. The van der Waals surface area contributed by atoms with Crippen LogP contribution in [0.1, 0.15) is 55.4 Å². The van der Waals surface area contributed by atoms with E-state index >= 15 is 0 Å². The standard InChI is InChI=1S/C19H25NO2S/c1-11(2)22-18(21)16-15(12(3)23-17(16)20)13-7-9-14(10-8-13)19(4,5)6/h7-11H,20H2,1-6H3. The van der Waals surface area contributed by atoms with Gasteiger partial charge >= 0.3 is 5.97 Å². The van der Waals surface area contributed by atoms with Crippen LogP contribution in [0.4, 0.5) is 5.00 Å². The van der Waals surface area contributed by atoms with Gasteiger partial charge < -0.3 is 10.5 Å². The molecule has 0 radical (unpaired) electrons. The summed E-state index contributed by atoms with van der Waals surface area (Å²) >= 11 is 1.43. The number of nitrogen functional groups attached to an aromatic ring is 1. The van der Waals surface area contributed by atoms with Gasteiger partial charge in [0.25, 0.3) is 0 Å². The predicted molar refractivity (Wildman–Crippen MR) is 98.2 cm³/mol. The average molecular weight is 331 g/mol. The Morgan fingerprint density at radius 2 is 1.74 bits per heavy atom. The van der Waals surface area contributed by atoms with Gasteiger partial charge in [0.2, 0.25) is 0 Å². The zero-order valence-corrected chi connectivity index (χ0v) is 15.5. The molecule has 3 nitrogen and oxygen atoms in total. The molecule has 124 valence electrons. The van der Waals surface area contributed by atoms with Gasteiger partial charge in [-0.25, -0.2) is 4.79 Å². The first-order valence-corrected chi connectivity index (χ1v) is 8.63. The van der Waals surface area contributed by atoms with Crippen LogP contribution < -0.4 is 5.73 Å². The summed E-state index contributed by atoms with van der Waals surface area (Å²) < 4.78 is 5.36. The fourth-order valence-electron chi connectivity index (χ4n) is 2.53. The monoisotopic (exact) mass is 331 g/mol. The highest BCUT2D eigenvalue weighted by molar-refractivity contribution is 7.16. The van der Waals surface area contributed by atoms with Gasteiger partial charge in [0.1, 0.15) is 10.6 Å². The van der Waals surface area contributed by atoms with Crippen molar-refractivity contribution in [2.24, 2.45) is 0 Å². The molecule has 0 aliphatic carbocycles. The van der Waals surface area contributed by atoms with E-state index in [0.717, 1.165) is 16.0 Å². The molecule has 0 spiro atoms. The van der Waals surface area contributed by atoms with E-state index in [-0.39, 0.29) is 17.5 Å². The molecule has 0 saturated heterocycles. The molecule has 1 aromatic heterocycles. The molecule has 0 atom stereocenters. The summed E-state index contributed by atoms with van der Waals surface area (Å²) in [6.07, 6.45) is -0.168. The molecular weight excluding hydrogens is 306 g/mol. The molecule has 23 heavy (non-hydrogen) atoms. The topological polar surface area (TPSA) is 52.3 Å². The summed E-state index contributed by atoms with van der Waals surface area (Å²) in [6.45, 7) is 12.2. The Balaban J connectivity index is 2.49. The Bertz CT molecular complexity index is 706. The van der Waals surface area contributed by atoms with Gasteiger partial charge in [-0.05, 0) is 37.3 Å². The SMILES string of the molecule is Cc1sc(N)c(C(=O)OC(C)C)c1-c1ccc(C(C)(C)C)cc1. The minimum Gasteiger partial charge on any atom is -0.459 e. The predicted octanol–water partition coefficient (Wildman–Crippen LogP) is 5.17. The van der Waals surface area contributed by atoms with Crippen molar-refractivity contribution >= 4 is 22.3 Å². The summed E-state index contributed by atoms with van der Waals surface area (Å²) in [4.78, 5) is 13.4.